The number of rotatable bonds is 0. The minimum Gasteiger partial charge on any atom is -0.341 e. The van der Waals surface area contributed by atoms with Crippen LogP contribution in [0.15, 0.2) is 0 Å². The number of carbonyl (C=O) groups is 1. The van der Waals surface area contributed by atoms with Crippen LogP contribution in [-0.4, -0.2) is 56.1 Å². The zero-order valence-electron chi connectivity index (χ0n) is 8.29. The standard InChI is InChI=1S/C9H17N3O/c1-10-9(13)12-5-7-3-11(2)4-8(7)6-12/h7-8H,3-6H2,1-2H3,(H,10,13). The molecule has 4 nitrogen and oxygen atoms in total. The smallest absolute Gasteiger partial charge is 0.317 e. The average Bonchev–Trinajstić information content (AvgIpc) is 2.59. The first kappa shape index (κ1) is 8.81. The number of nitrogens with zero attached hydrogens (tertiary/aromatic N) is 2. The van der Waals surface area contributed by atoms with Crippen LogP contribution in [0.1, 0.15) is 0 Å². The maximum atomic E-state index is 11.3. The lowest BCUT2D eigenvalue weighted by Crippen LogP contribution is -2.38. The Kier molecular flexibility index (Phi) is 2.15. The first-order valence-electron chi connectivity index (χ1n) is 4.86. The molecule has 4 heteroatoms. The molecule has 0 aromatic carbocycles. The van der Waals surface area contributed by atoms with Gasteiger partial charge in [-0.15, -0.1) is 0 Å². The van der Waals surface area contributed by atoms with E-state index in [9.17, 15) is 4.79 Å². The van der Waals surface area contributed by atoms with E-state index in [0.717, 1.165) is 26.2 Å². The molecule has 2 unspecified atom stereocenters. The average molecular weight is 183 g/mol. The van der Waals surface area contributed by atoms with E-state index < -0.39 is 0 Å². The number of nitrogens with one attached hydrogen (secondary N) is 1. The topological polar surface area (TPSA) is 35.6 Å². The predicted octanol–water partition coefficient (Wildman–Crippen LogP) is -0.181. The van der Waals surface area contributed by atoms with Crippen LogP contribution in [0.4, 0.5) is 4.79 Å². The highest BCUT2D eigenvalue weighted by molar-refractivity contribution is 5.74. The zero-order valence-corrected chi connectivity index (χ0v) is 8.29. The Balaban J connectivity index is 1.93. The van der Waals surface area contributed by atoms with Crippen molar-refractivity contribution in [1.82, 2.24) is 15.1 Å². The fraction of sp³-hybridized carbons (Fsp3) is 0.889. The van der Waals surface area contributed by atoms with Crippen molar-refractivity contribution >= 4 is 6.03 Å². The number of likely N-dealkylation sites (tertiary alicyclic amines) is 2. The van der Waals surface area contributed by atoms with Crippen LogP contribution in [0.2, 0.25) is 0 Å². The Labute approximate surface area is 78.9 Å². The molecule has 0 radical (unpaired) electrons. The van der Waals surface area contributed by atoms with Gasteiger partial charge in [-0.1, -0.05) is 0 Å². The van der Waals surface area contributed by atoms with Gasteiger partial charge in [0.05, 0.1) is 0 Å². The molecule has 74 valence electrons. The van der Waals surface area contributed by atoms with Gasteiger partial charge in [0.15, 0.2) is 0 Å². The van der Waals surface area contributed by atoms with Gasteiger partial charge in [0.25, 0.3) is 0 Å². The molecule has 0 aliphatic carbocycles. The molecule has 13 heavy (non-hydrogen) atoms. The molecule has 2 rings (SSSR count). The molecule has 2 heterocycles. The van der Waals surface area contributed by atoms with Crippen LogP contribution < -0.4 is 5.32 Å². The Hall–Kier alpha value is -0.770. The van der Waals surface area contributed by atoms with Gasteiger partial charge in [-0.25, -0.2) is 4.79 Å². The Bertz CT molecular complexity index is 205. The van der Waals surface area contributed by atoms with Gasteiger partial charge in [0.2, 0.25) is 0 Å². The molecule has 0 aromatic heterocycles. The van der Waals surface area contributed by atoms with E-state index in [1.165, 1.54) is 0 Å². The Morgan fingerprint density at radius 2 is 1.77 bits per heavy atom. The highest BCUT2D eigenvalue weighted by Crippen LogP contribution is 2.29. The lowest BCUT2D eigenvalue weighted by atomic mass is 10.0. The van der Waals surface area contributed by atoms with E-state index in [4.69, 9.17) is 0 Å². The summed E-state index contributed by atoms with van der Waals surface area (Å²) in [5.41, 5.74) is 0. The summed E-state index contributed by atoms with van der Waals surface area (Å²) in [5.74, 6) is 1.42. The third-order valence-corrected chi connectivity index (χ3v) is 3.17. The third kappa shape index (κ3) is 1.50. The van der Waals surface area contributed by atoms with Crippen molar-refractivity contribution in [1.29, 1.82) is 0 Å². The number of fused-ring (bicyclic) bond motifs is 1. The van der Waals surface area contributed by atoms with Crippen molar-refractivity contribution in [3.63, 3.8) is 0 Å². The van der Waals surface area contributed by atoms with E-state index >= 15 is 0 Å². The van der Waals surface area contributed by atoms with Crippen molar-refractivity contribution < 1.29 is 4.79 Å². The molecule has 2 amide bonds. The minimum absolute atomic E-state index is 0.0806. The minimum atomic E-state index is 0.0806. The monoisotopic (exact) mass is 183 g/mol. The molecule has 2 fully saturated rings. The number of carbonyl (C=O) groups excluding carboxylic acids is 1. The van der Waals surface area contributed by atoms with Gasteiger partial charge in [-0.3, -0.25) is 0 Å². The summed E-state index contributed by atoms with van der Waals surface area (Å²) in [6.07, 6.45) is 0. The van der Waals surface area contributed by atoms with Gasteiger partial charge < -0.3 is 15.1 Å². The maximum absolute atomic E-state index is 11.3. The van der Waals surface area contributed by atoms with Gasteiger partial charge >= 0.3 is 6.03 Å². The molecule has 0 spiro atoms. The lowest BCUT2D eigenvalue weighted by molar-refractivity contribution is 0.204. The number of hydrogen-bond donors (Lipinski definition) is 1. The van der Waals surface area contributed by atoms with Crippen LogP contribution in [0.3, 0.4) is 0 Å². The first-order valence-corrected chi connectivity index (χ1v) is 4.86. The summed E-state index contributed by atoms with van der Waals surface area (Å²) in [6.45, 7) is 4.18. The summed E-state index contributed by atoms with van der Waals surface area (Å²) < 4.78 is 0. The van der Waals surface area contributed by atoms with Crippen LogP contribution in [0.25, 0.3) is 0 Å². The van der Waals surface area contributed by atoms with Crippen LogP contribution in [0.5, 0.6) is 0 Å². The third-order valence-electron chi connectivity index (χ3n) is 3.17. The van der Waals surface area contributed by atoms with Crippen molar-refractivity contribution in [2.24, 2.45) is 11.8 Å². The van der Waals surface area contributed by atoms with Crippen LogP contribution in [0, 0.1) is 11.8 Å². The normalized spacial score (nSPS) is 33.5. The van der Waals surface area contributed by atoms with Gasteiger partial charge in [-0.05, 0) is 18.9 Å². The summed E-state index contributed by atoms with van der Waals surface area (Å²) in [4.78, 5) is 15.6. The fourth-order valence-electron chi connectivity index (χ4n) is 2.55. The summed E-state index contributed by atoms with van der Waals surface area (Å²) in [6, 6.07) is 0.0806. The summed E-state index contributed by atoms with van der Waals surface area (Å²) in [7, 11) is 3.85. The number of hydrogen-bond acceptors (Lipinski definition) is 2. The summed E-state index contributed by atoms with van der Waals surface area (Å²) in [5, 5.41) is 2.68. The fourth-order valence-corrected chi connectivity index (χ4v) is 2.55. The van der Waals surface area contributed by atoms with E-state index in [0.29, 0.717) is 11.8 Å². The second-order valence-electron chi connectivity index (χ2n) is 4.20. The van der Waals surface area contributed by atoms with Crippen molar-refractivity contribution in [3.8, 4) is 0 Å². The second kappa shape index (κ2) is 3.18. The van der Waals surface area contributed by atoms with E-state index in [1.807, 2.05) is 4.90 Å². The Morgan fingerprint density at radius 3 is 2.23 bits per heavy atom. The quantitative estimate of drug-likeness (QED) is 0.565. The molecule has 0 aromatic rings. The van der Waals surface area contributed by atoms with E-state index in [1.54, 1.807) is 7.05 Å². The second-order valence-corrected chi connectivity index (χ2v) is 4.20. The molecule has 2 saturated heterocycles. The van der Waals surface area contributed by atoms with Gasteiger partial charge in [0, 0.05) is 33.2 Å². The predicted molar refractivity (Wildman–Crippen MR) is 50.5 cm³/mol. The summed E-state index contributed by atoms with van der Waals surface area (Å²) >= 11 is 0. The van der Waals surface area contributed by atoms with Crippen molar-refractivity contribution in [3.05, 3.63) is 0 Å². The lowest BCUT2D eigenvalue weighted by Gasteiger charge is -2.18. The number of urea groups is 1. The van der Waals surface area contributed by atoms with E-state index in [2.05, 4.69) is 17.3 Å². The molecule has 0 bridgehead atoms. The molecular weight excluding hydrogens is 166 g/mol. The first-order chi connectivity index (χ1) is 6.20. The maximum Gasteiger partial charge on any atom is 0.317 e. The SMILES string of the molecule is CNC(=O)N1CC2CN(C)CC2C1. The van der Waals surface area contributed by atoms with Crippen LogP contribution >= 0.6 is 0 Å². The Morgan fingerprint density at radius 1 is 1.23 bits per heavy atom. The molecule has 2 aliphatic heterocycles. The molecule has 0 saturated carbocycles. The zero-order chi connectivity index (χ0) is 9.42. The van der Waals surface area contributed by atoms with Crippen molar-refractivity contribution in [2.45, 2.75) is 0 Å². The number of amides is 2. The van der Waals surface area contributed by atoms with Gasteiger partial charge in [-0.2, -0.15) is 0 Å². The molecule has 2 aliphatic rings. The van der Waals surface area contributed by atoms with Crippen LogP contribution in [-0.2, 0) is 0 Å². The highest BCUT2D eigenvalue weighted by atomic mass is 16.2. The van der Waals surface area contributed by atoms with E-state index in [-0.39, 0.29) is 6.03 Å². The highest BCUT2D eigenvalue weighted by Gasteiger charge is 2.39. The molecule has 2 atom stereocenters. The largest absolute Gasteiger partial charge is 0.341 e. The van der Waals surface area contributed by atoms with Crippen molar-refractivity contribution in [2.75, 3.05) is 40.3 Å². The molecule has 1 N–H and O–H groups in total. The van der Waals surface area contributed by atoms with Gasteiger partial charge in [0.1, 0.15) is 0 Å². The molecular formula is C9H17N3O.